The summed E-state index contributed by atoms with van der Waals surface area (Å²) >= 11 is 0. The Morgan fingerprint density at radius 1 is 1.31 bits per heavy atom. The smallest absolute Gasteiger partial charge is 0.327 e. The summed E-state index contributed by atoms with van der Waals surface area (Å²) in [7, 11) is -4.88. The van der Waals surface area contributed by atoms with Crippen LogP contribution in [0, 0.1) is 0 Å². The number of aliphatic hydroxyl groups excluding tert-OH is 1. The third-order valence-corrected chi connectivity index (χ3v) is 10.5. The highest BCUT2D eigenvalue weighted by molar-refractivity contribution is 7.39. The minimum atomic E-state index is -2.58. The Hall–Kier alpha value is -1.17. The highest BCUT2D eigenvalue weighted by atomic mass is 31.2. The summed E-state index contributed by atoms with van der Waals surface area (Å²) in [6.07, 6.45) is 1.17. The third-order valence-electron chi connectivity index (χ3n) is 5.65. The molecule has 10 nitrogen and oxygen atoms in total. The average molecular weight is 445 g/mol. The van der Waals surface area contributed by atoms with Gasteiger partial charge in [0.15, 0.2) is 14.5 Å². The minimum absolute atomic E-state index is 0.109. The van der Waals surface area contributed by atoms with Gasteiger partial charge in [0.25, 0.3) is 5.56 Å². The van der Waals surface area contributed by atoms with E-state index < -0.39 is 41.5 Å². The monoisotopic (exact) mass is 445 g/mol. The van der Waals surface area contributed by atoms with Gasteiger partial charge >= 0.3 is 8.60 Å². The molecular formula is C17H28N3O7PSi. The van der Waals surface area contributed by atoms with Crippen molar-refractivity contribution in [2.24, 2.45) is 0 Å². The first-order chi connectivity index (χ1) is 13.4. The summed E-state index contributed by atoms with van der Waals surface area (Å²) in [6, 6.07) is 1.39. The molecule has 1 saturated heterocycles. The van der Waals surface area contributed by atoms with Crippen LogP contribution < -0.4 is 5.56 Å². The van der Waals surface area contributed by atoms with Gasteiger partial charge in [-0.2, -0.15) is 0 Å². The van der Waals surface area contributed by atoms with Crippen LogP contribution in [0.5, 0.6) is 0 Å². The molecule has 1 fully saturated rings. The van der Waals surface area contributed by atoms with E-state index in [2.05, 4.69) is 38.8 Å². The fourth-order valence-electron chi connectivity index (χ4n) is 3.01. The van der Waals surface area contributed by atoms with E-state index in [0.29, 0.717) is 5.78 Å². The molecule has 3 rings (SSSR count). The Labute approximate surface area is 170 Å². The topological polar surface area (TPSA) is 128 Å². The zero-order valence-electron chi connectivity index (χ0n) is 17.1. The standard InChI is InChI=1S/C17H28N3O7PSi/c1-17(2,3)29(4,5)27-14-13(22)11(10-25-28(23)24)26-15(14)20-8-6-12(21)19-9-7-18-16(19)20/h6-9,11,13-15,22-24H,10H2,1-5H3/t11-,13-,14?,15-/m1/s1. The summed E-state index contributed by atoms with van der Waals surface area (Å²) in [6.45, 7) is 10.2. The van der Waals surface area contributed by atoms with E-state index >= 15 is 0 Å². The number of fused-ring (bicyclic) bond motifs is 1. The van der Waals surface area contributed by atoms with Crippen molar-refractivity contribution in [3.63, 3.8) is 0 Å². The lowest BCUT2D eigenvalue weighted by atomic mass is 10.1. The molecule has 0 aliphatic carbocycles. The van der Waals surface area contributed by atoms with Gasteiger partial charge in [-0.1, -0.05) is 20.8 Å². The molecule has 4 atom stereocenters. The second-order valence-corrected chi connectivity index (χ2v) is 14.1. The summed E-state index contributed by atoms with van der Waals surface area (Å²) in [5.74, 6) is 0.353. The largest absolute Gasteiger partial charge is 0.407 e. The van der Waals surface area contributed by atoms with Crippen LogP contribution in [-0.4, -0.2) is 62.1 Å². The number of hydrogen-bond donors (Lipinski definition) is 3. The normalized spacial score (nSPS) is 26.0. The first kappa shape index (κ1) is 22.5. The van der Waals surface area contributed by atoms with E-state index in [4.69, 9.17) is 23.5 Å². The molecule has 162 valence electrons. The van der Waals surface area contributed by atoms with E-state index in [1.54, 1.807) is 17.0 Å². The lowest BCUT2D eigenvalue weighted by molar-refractivity contribution is -0.0474. The Kier molecular flexibility index (Phi) is 6.33. The zero-order valence-corrected chi connectivity index (χ0v) is 19.0. The molecule has 2 aromatic rings. The van der Waals surface area contributed by atoms with Crippen LogP contribution in [0.3, 0.4) is 0 Å². The van der Waals surface area contributed by atoms with Gasteiger partial charge in [-0.3, -0.25) is 13.8 Å². The van der Waals surface area contributed by atoms with Gasteiger partial charge in [-0.25, -0.2) is 4.98 Å². The van der Waals surface area contributed by atoms with Crippen LogP contribution in [0.2, 0.25) is 18.1 Å². The van der Waals surface area contributed by atoms with Crippen LogP contribution in [-0.2, 0) is 13.7 Å². The molecule has 0 bridgehead atoms. The molecule has 0 spiro atoms. The van der Waals surface area contributed by atoms with Crippen LogP contribution >= 0.6 is 8.60 Å². The van der Waals surface area contributed by atoms with Gasteiger partial charge in [0.1, 0.15) is 18.3 Å². The maximum absolute atomic E-state index is 12.1. The van der Waals surface area contributed by atoms with E-state index in [0.717, 1.165) is 0 Å². The van der Waals surface area contributed by atoms with Crippen molar-refractivity contribution in [2.45, 2.75) is 63.4 Å². The van der Waals surface area contributed by atoms with Crippen molar-refractivity contribution in [3.05, 3.63) is 35.0 Å². The molecule has 3 N–H and O–H groups in total. The van der Waals surface area contributed by atoms with Gasteiger partial charge in [-0.05, 0) is 18.1 Å². The molecule has 2 aromatic heterocycles. The van der Waals surface area contributed by atoms with E-state index in [-0.39, 0.29) is 17.2 Å². The van der Waals surface area contributed by atoms with E-state index in [1.807, 2.05) is 0 Å². The number of imidazole rings is 1. The van der Waals surface area contributed by atoms with Crippen LogP contribution in [0.1, 0.15) is 27.0 Å². The Bertz CT molecular complexity index is 910. The summed E-state index contributed by atoms with van der Waals surface area (Å²) < 4.78 is 20.4. The molecule has 0 amide bonds. The zero-order chi connectivity index (χ0) is 21.6. The van der Waals surface area contributed by atoms with E-state index in [1.165, 1.54) is 16.7 Å². The SMILES string of the molecule is CC(C)(C)[Si](C)(C)OC1[C@H](n2ccc(=O)n3ccnc23)O[C@H](COP(O)O)[C@H]1O. The van der Waals surface area contributed by atoms with E-state index in [9.17, 15) is 9.90 Å². The molecule has 3 heterocycles. The number of hydrogen-bond acceptors (Lipinski definition) is 8. The number of aromatic nitrogens is 3. The molecule has 0 aromatic carbocycles. The Morgan fingerprint density at radius 2 is 2.00 bits per heavy atom. The van der Waals surface area contributed by atoms with Gasteiger partial charge < -0.3 is 28.6 Å². The fourth-order valence-corrected chi connectivity index (χ4v) is 4.58. The molecule has 0 radical (unpaired) electrons. The Balaban J connectivity index is 2.00. The summed E-state index contributed by atoms with van der Waals surface area (Å²) in [5, 5.41) is 10.8. The Morgan fingerprint density at radius 3 is 2.62 bits per heavy atom. The number of rotatable bonds is 6. The predicted octanol–water partition coefficient (Wildman–Crippen LogP) is 1.37. The molecule has 1 aliphatic heterocycles. The maximum atomic E-state index is 12.1. The highest BCUT2D eigenvalue weighted by Gasteiger charge is 2.50. The maximum Gasteiger partial charge on any atom is 0.327 e. The average Bonchev–Trinajstić information content (AvgIpc) is 3.20. The summed E-state index contributed by atoms with van der Waals surface area (Å²) in [5.41, 5.74) is -0.236. The van der Waals surface area contributed by atoms with Crippen molar-refractivity contribution in [1.82, 2.24) is 14.0 Å². The predicted molar refractivity (Wildman–Crippen MR) is 109 cm³/mol. The first-order valence-corrected chi connectivity index (χ1v) is 13.4. The van der Waals surface area contributed by atoms with Crippen molar-refractivity contribution in [3.8, 4) is 0 Å². The lowest BCUT2D eigenvalue weighted by Gasteiger charge is -2.40. The molecule has 0 saturated carbocycles. The number of ether oxygens (including phenoxy) is 1. The van der Waals surface area contributed by atoms with Gasteiger partial charge in [-0.15, -0.1) is 0 Å². The first-order valence-electron chi connectivity index (χ1n) is 9.29. The van der Waals surface area contributed by atoms with Crippen LogP contribution in [0.4, 0.5) is 0 Å². The molecule has 29 heavy (non-hydrogen) atoms. The van der Waals surface area contributed by atoms with Crippen molar-refractivity contribution in [2.75, 3.05) is 6.61 Å². The molecule has 12 heteroatoms. The van der Waals surface area contributed by atoms with Crippen molar-refractivity contribution < 1.29 is 28.6 Å². The highest BCUT2D eigenvalue weighted by Crippen LogP contribution is 2.42. The number of nitrogens with zero attached hydrogens (tertiary/aromatic N) is 3. The van der Waals surface area contributed by atoms with Crippen molar-refractivity contribution in [1.29, 1.82) is 0 Å². The molecule has 1 unspecified atom stereocenters. The second kappa shape index (κ2) is 8.16. The van der Waals surface area contributed by atoms with Gasteiger partial charge in [0.2, 0.25) is 5.78 Å². The second-order valence-electron chi connectivity index (χ2n) is 8.61. The van der Waals surface area contributed by atoms with Crippen molar-refractivity contribution >= 4 is 22.7 Å². The number of aliphatic hydroxyl groups is 1. The van der Waals surface area contributed by atoms with Crippen LogP contribution in [0.15, 0.2) is 29.5 Å². The lowest BCUT2D eigenvalue weighted by Crippen LogP contribution is -2.49. The summed E-state index contributed by atoms with van der Waals surface area (Å²) in [4.78, 5) is 34.5. The molecule has 1 aliphatic rings. The molecular weight excluding hydrogens is 417 g/mol. The van der Waals surface area contributed by atoms with Gasteiger partial charge in [0, 0.05) is 24.7 Å². The minimum Gasteiger partial charge on any atom is -0.407 e. The quantitative estimate of drug-likeness (QED) is 0.449. The van der Waals surface area contributed by atoms with Crippen LogP contribution in [0.25, 0.3) is 5.78 Å². The fraction of sp³-hybridized carbons (Fsp3) is 0.647. The van der Waals surface area contributed by atoms with Gasteiger partial charge in [0.05, 0.1) is 6.61 Å². The third kappa shape index (κ3) is 4.47.